The number of carbonyl (C=O) groups is 2. The maximum atomic E-state index is 15.3. The van der Waals surface area contributed by atoms with Crippen molar-refractivity contribution in [3.8, 4) is 11.3 Å². The number of halogens is 3. The van der Waals surface area contributed by atoms with Crippen LogP contribution in [0.25, 0.3) is 22.2 Å². The average Bonchev–Trinajstić information content (AvgIpc) is 3.11. The van der Waals surface area contributed by atoms with Crippen molar-refractivity contribution in [3.63, 3.8) is 0 Å². The lowest BCUT2D eigenvalue weighted by atomic mass is 10.1. The van der Waals surface area contributed by atoms with E-state index in [9.17, 15) is 14.0 Å². The van der Waals surface area contributed by atoms with Crippen LogP contribution in [0.5, 0.6) is 0 Å². The molecule has 0 fully saturated rings. The number of nitrogens with zero attached hydrogens (tertiary/aromatic N) is 2. The van der Waals surface area contributed by atoms with Crippen LogP contribution in [0.4, 0.5) is 14.5 Å². The van der Waals surface area contributed by atoms with E-state index in [1.807, 2.05) is 0 Å². The minimum atomic E-state index is -1.08. The predicted molar refractivity (Wildman–Crippen MR) is 101 cm³/mol. The van der Waals surface area contributed by atoms with E-state index in [1.54, 1.807) is 19.9 Å². The zero-order valence-corrected chi connectivity index (χ0v) is 16.0. The Morgan fingerprint density at radius 2 is 1.89 bits per heavy atom. The van der Waals surface area contributed by atoms with Gasteiger partial charge in [-0.15, -0.1) is 0 Å². The van der Waals surface area contributed by atoms with Gasteiger partial charge in [0.15, 0.2) is 17.3 Å². The van der Waals surface area contributed by atoms with E-state index in [0.717, 1.165) is 11.7 Å². The maximum Gasteiger partial charge on any atom is 0.358 e. The molecule has 2 heterocycles. The molecule has 0 atom stereocenters. The fraction of sp³-hybridized carbons (Fsp3) is 0.211. The molecular formula is C19H16ClF2N3O3. The van der Waals surface area contributed by atoms with Gasteiger partial charge in [-0.05, 0) is 12.1 Å². The van der Waals surface area contributed by atoms with Crippen LogP contribution >= 0.6 is 11.6 Å². The zero-order valence-electron chi connectivity index (χ0n) is 15.2. The summed E-state index contributed by atoms with van der Waals surface area (Å²) in [6.45, 7) is 3.36. The highest BCUT2D eigenvalue weighted by atomic mass is 35.5. The van der Waals surface area contributed by atoms with E-state index in [2.05, 4.69) is 9.72 Å². The molecule has 0 amide bonds. The van der Waals surface area contributed by atoms with Crippen LogP contribution < -0.4 is 5.73 Å². The van der Waals surface area contributed by atoms with E-state index in [1.165, 1.54) is 18.3 Å². The van der Waals surface area contributed by atoms with Gasteiger partial charge < -0.3 is 10.5 Å². The van der Waals surface area contributed by atoms with Gasteiger partial charge in [-0.2, -0.15) is 0 Å². The summed E-state index contributed by atoms with van der Waals surface area (Å²) in [5.74, 6) is -3.61. The second kappa shape index (κ2) is 7.20. The summed E-state index contributed by atoms with van der Waals surface area (Å²) in [6.07, 6.45) is 1.44. The van der Waals surface area contributed by atoms with E-state index in [-0.39, 0.29) is 22.9 Å². The lowest BCUT2D eigenvalue weighted by molar-refractivity contribution is 0.0594. The number of pyridine rings is 1. The van der Waals surface area contributed by atoms with Crippen LogP contribution in [-0.4, -0.2) is 28.5 Å². The predicted octanol–water partition coefficient (Wildman–Crippen LogP) is 4.30. The lowest BCUT2D eigenvalue weighted by Gasteiger charge is -2.13. The molecule has 146 valence electrons. The molecule has 2 aromatic heterocycles. The van der Waals surface area contributed by atoms with Crippen molar-refractivity contribution in [1.29, 1.82) is 0 Å². The molecule has 0 aliphatic heterocycles. The SMILES string of the molecule is COC(=O)c1nc(-c2ccc3ccn(C(=O)C(C)C)c3c2F)c(F)c(N)c1Cl. The number of methoxy groups -OCH3 is 1. The molecule has 2 N–H and O–H groups in total. The molecule has 0 unspecified atom stereocenters. The van der Waals surface area contributed by atoms with Gasteiger partial charge in [-0.25, -0.2) is 18.6 Å². The van der Waals surface area contributed by atoms with Crippen LogP contribution in [0.1, 0.15) is 29.1 Å². The number of benzene rings is 1. The maximum absolute atomic E-state index is 15.3. The quantitative estimate of drug-likeness (QED) is 0.654. The fourth-order valence-electron chi connectivity index (χ4n) is 2.80. The Labute approximate surface area is 163 Å². The van der Waals surface area contributed by atoms with Crippen molar-refractivity contribution < 1.29 is 23.1 Å². The van der Waals surface area contributed by atoms with Gasteiger partial charge in [0.1, 0.15) is 5.69 Å². The fourth-order valence-corrected chi connectivity index (χ4v) is 3.01. The third-order valence-electron chi connectivity index (χ3n) is 4.27. The second-order valence-corrected chi connectivity index (χ2v) is 6.76. The van der Waals surface area contributed by atoms with Gasteiger partial charge in [0, 0.05) is 23.1 Å². The van der Waals surface area contributed by atoms with Crippen molar-refractivity contribution in [1.82, 2.24) is 9.55 Å². The van der Waals surface area contributed by atoms with Gasteiger partial charge in [0.25, 0.3) is 0 Å². The largest absolute Gasteiger partial charge is 0.464 e. The summed E-state index contributed by atoms with van der Waals surface area (Å²) < 4.78 is 35.8. The van der Waals surface area contributed by atoms with E-state index in [4.69, 9.17) is 17.3 Å². The molecular weight excluding hydrogens is 392 g/mol. The zero-order chi connectivity index (χ0) is 20.7. The van der Waals surface area contributed by atoms with E-state index < -0.39 is 39.7 Å². The molecule has 6 nitrogen and oxygen atoms in total. The minimum Gasteiger partial charge on any atom is -0.464 e. The molecule has 0 aliphatic carbocycles. The number of aromatic nitrogens is 2. The normalized spacial score (nSPS) is 11.2. The van der Waals surface area contributed by atoms with Gasteiger partial charge in [0.05, 0.1) is 23.3 Å². The van der Waals surface area contributed by atoms with Crippen molar-refractivity contribution in [2.24, 2.45) is 5.92 Å². The van der Waals surface area contributed by atoms with Crippen LogP contribution in [0, 0.1) is 17.6 Å². The first-order valence-electron chi connectivity index (χ1n) is 8.25. The molecule has 0 bridgehead atoms. The molecule has 9 heteroatoms. The van der Waals surface area contributed by atoms with Crippen molar-refractivity contribution in [3.05, 3.63) is 46.7 Å². The number of carbonyl (C=O) groups excluding carboxylic acids is 2. The third kappa shape index (κ3) is 2.99. The lowest BCUT2D eigenvalue weighted by Crippen LogP contribution is -2.16. The highest BCUT2D eigenvalue weighted by molar-refractivity contribution is 6.35. The third-order valence-corrected chi connectivity index (χ3v) is 4.65. The molecule has 3 rings (SSSR count). The van der Waals surface area contributed by atoms with Gasteiger partial charge in [-0.1, -0.05) is 31.5 Å². The number of nitrogen functional groups attached to an aromatic ring is 1. The molecule has 28 heavy (non-hydrogen) atoms. The monoisotopic (exact) mass is 407 g/mol. The van der Waals surface area contributed by atoms with E-state index >= 15 is 4.39 Å². The number of nitrogens with two attached hydrogens (primary N) is 1. The van der Waals surface area contributed by atoms with Crippen molar-refractivity contribution in [2.45, 2.75) is 13.8 Å². The summed E-state index contributed by atoms with van der Waals surface area (Å²) in [7, 11) is 1.09. The van der Waals surface area contributed by atoms with Gasteiger partial charge in [0.2, 0.25) is 5.91 Å². The highest BCUT2D eigenvalue weighted by Gasteiger charge is 2.26. The standard InChI is InChI=1S/C19H16ClF2N3O3/c1-8(2)18(26)25-7-6-9-4-5-10(12(21)17(9)25)15-13(22)14(23)11(20)16(24-15)19(27)28-3/h4-8H,1-3H3,(H2,23,24). The average molecular weight is 408 g/mol. The summed E-state index contributed by atoms with van der Waals surface area (Å²) in [6, 6.07) is 4.38. The number of hydrogen-bond donors (Lipinski definition) is 1. The summed E-state index contributed by atoms with van der Waals surface area (Å²) in [4.78, 5) is 28.1. The van der Waals surface area contributed by atoms with Gasteiger partial charge in [-0.3, -0.25) is 9.36 Å². The first-order valence-corrected chi connectivity index (χ1v) is 8.63. The Bertz CT molecular complexity index is 1130. The van der Waals surface area contributed by atoms with Crippen molar-refractivity contribution in [2.75, 3.05) is 12.8 Å². The Morgan fingerprint density at radius 1 is 1.21 bits per heavy atom. The number of anilines is 1. The summed E-state index contributed by atoms with van der Waals surface area (Å²) in [5.41, 5.74) is 3.84. The van der Waals surface area contributed by atoms with Gasteiger partial charge >= 0.3 is 5.97 Å². The Balaban J connectivity index is 2.32. The number of esters is 1. The number of fused-ring (bicyclic) bond motifs is 1. The molecule has 0 radical (unpaired) electrons. The molecule has 0 spiro atoms. The minimum absolute atomic E-state index is 0.0226. The molecule has 0 saturated heterocycles. The molecule has 0 aliphatic rings. The Hall–Kier alpha value is -3.00. The van der Waals surface area contributed by atoms with Crippen LogP contribution in [0.3, 0.4) is 0 Å². The van der Waals surface area contributed by atoms with Crippen LogP contribution in [0.2, 0.25) is 5.02 Å². The Morgan fingerprint density at radius 3 is 2.50 bits per heavy atom. The highest BCUT2D eigenvalue weighted by Crippen LogP contribution is 2.35. The molecule has 1 aromatic carbocycles. The number of hydrogen-bond acceptors (Lipinski definition) is 5. The first kappa shape index (κ1) is 19.8. The molecule has 3 aromatic rings. The molecule has 0 saturated carbocycles. The van der Waals surface area contributed by atoms with Crippen LogP contribution in [-0.2, 0) is 4.74 Å². The number of ether oxygens (including phenoxy) is 1. The topological polar surface area (TPSA) is 87.2 Å². The van der Waals surface area contributed by atoms with Crippen LogP contribution in [0.15, 0.2) is 24.4 Å². The number of rotatable bonds is 3. The first-order chi connectivity index (χ1) is 13.2. The van der Waals surface area contributed by atoms with Crippen molar-refractivity contribution >= 4 is 40.1 Å². The summed E-state index contributed by atoms with van der Waals surface area (Å²) in [5, 5.41) is 0.0266. The Kier molecular flexibility index (Phi) is 5.08. The summed E-state index contributed by atoms with van der Waals surface area (Å²) >= 11 is 5.88. The van der Waals surface area contributed by atoms with E-state index in [0.29, 0.717) is 5.39 Å². The second-order valence-electron chi connectivity index (χ2n) is 6.39. The smallest absolute Gasteiger partial charge is 0.358 e.